The number of hydrogen-bond donors (Lipinski definition) is 1. The van der Waals surface area contributed by atoms with Crippen molar-refractivity contribution < 1.29 is 9.53 Å². The molecule has 22 heavy (non-hydrogen) atoms. The van der Waals surface area contributed by atoms with E-state index < -0.39 is 0 Å². The molecule has 0 aliphatic rings. The third kappa shape index (κ3) is 5.09. The maximum Gasteiger partial charge on any atom is 0.326 e. The van der Waals surface area contributed by atoms with Gasteiger partial charge in [-0.3, -0.25) is 4.57 Å². The third-order valence-electron chi connectivity index (χ3n) is 3.26. The molecule has 0 aliphatic heterocycles. The van der Waals surface area contributed by atoms with Crippen molar-refractivity contribution in [2.24, 2.45) is 0 Å². The van der Waals surface area contributed by atoms with Gasteiger partial charge in [0.15, 0.2) is 0 Å². The Bertz CT molecular complexity index is 592. The highest BCUT2D eigenvalue weighted by Gasteiger charge is 2.03. The summed E-state index contributed by atoms with van der Waals surface area (Å²) in [5.74, 6) is 0. The Hall–Kier alpha value is -2.56. The number of imidazole rings is 1. The molecule has 0 fully saturated rings. The van der Waals surface area contributed by atoms with Gasteiger partial charge in [-0.15, -0.1) is 0 Å². The Labute approximate surface area is 130 Å². The van der Waals surface area contributed by atoms with E-state index in [-0.39, 0.29) is 6.03 Å². The van der Waals surface area contributed by atoms with Gasteiger partial charge in [-0.1, -0.05) is 37.3 Å². The van der Waals surface area contributed by atoms with Crippen LogP contribution in [0, 0.1) is 0 Å². The van der Waals surface area contributed by atoms with Gasteiger partial charge in [0.2, 0.25) is 0 Å². The number of carbonyl (C=O) groups excluding carboxylic acids is 1. The Morgan fingerprint density at radius 1 is 1.36 bits per heavy atom. The minimum Gasteiger partial charge on any atom is -0.497 e. The van der Waals surface area contributed by atoms with E-state index in [0.29, 0.717) is 13.2 Å². The Morgan fingerprint density at radius 2 is 2.18 bits per heavy atom. The molecular weight excluding hydrogens is 278 g/mol. The molecule has 0 unspecified atom stereocenters. The molecular formula is C17H21N3O2. The number of nitrogens with zero attached hydrogens (tertiary/aromatic N) is 2. The van der Waals surface area contributed by atoms with Gasteiger partial charge >= 0.3 is 6.03 Å². The van der Waals surface area contributed by atoms with Crippen LogP contribution in [0.25, 0.3) is 0 Å². The fourth-order valence-electron chi connectivity index (χ4n) is 1.95. The zero-order chi connectivity index (χ0) is 15.6. The molecule has 0 saturated carbocycles. The van der Waals surface area contributed by atoms with Crippen molar-refractivity contribution in [1.82, 2.24) is 14.9 Å². The van der Waals surface area contributed by atoms with Crippen molar-refractivity contribution in [1.29, 1.82) is 0 Å². The van der Waals surface area contributed by atoms with Crippen LogP contribution in [-0.4, -0.2) is 22.1 Å². The average Bonchev–Trinajstić information content (AvgIpc) is 3.09. The Kier molecular flexibility index (Phi) is 6.23. The number of aromatic nitrogens is 2. The molecule has 0 bridgehead atoms. The van der Waals surface area contributed by atoms with Crippen molar-refractivity contribution in [2.45, 2.75) is 26.4 Å². The summed E-state index contributed by atoms with van der Waals surface area (Å²) in [7, 11) is 0. The average molecular weight is 299 g/mol. The fourth-order valence-corrected chi connectivity index (χ4v) is 1.95. The van der Waals surface area contributed by atoms with Crippen molar-refractivity contribution in [3.8, 4) is 0 Å². The van der Waals surface area contributed by atoms with E-state index >= 15 is 0 Å². The maximum atomic E-state index is 11.7. The first-order valence-corrected chi connectivity index (χ1v) is 7.39. The molecule has 0 atom stereocenters. The lowest BCUT2D eigenvalue weighted by Gasteiger charge is -2.08. The van der Waals surface area contributed by atoms with Gasteiger partial charge < -0.3 is 10.1 Å². The first-order chi connectivity index (χ1) is 10.8. The zero-order valence-corrected chi connectivity index (χ0v) is 12.7. The summed E-state index contributed by atoms with van der Waals surface area (Å²) in [6, 6.07) is 9.87. The lowest BCUT2D eigenvalue weighted by molar-refractivity contribution is 0.231. The second-order valence-corrected chi connectivity index (χ2v) is 4.88. The van der Waals surface area contributed by atoms with E-state index in [1.54, 1.807) is 18.7 Å². The number of nitrogens with one attached hydrogen (secondary N) is 1. The van der Waals surface area contributed by atoms with Gasteiger partial charge in [0.1, 0.15) is 12.9 Å². The van der Waals surface area contributed by atoms with Crippen LogP contribution in [0.1, 0.15) is 25.3 Å². The van der Waals surface area contributed by atoms with E-state index in [4.69, 9.17) is 4.74 Å². The van der Waals surface area contributed by atoms with Crippen LogP contribution in [0.15, 0.2) is 60.9 Å². The number of hydrogen-bond acceptors (Lipinski definition) is 3. The monoisotopic (exact) mass is 299 g/mol. The van der Waals surface area contributed by atoms with Gasteiger partial charge in [0.25, 0.3) is 0 Å². The summed E-state index contributed by atoms with van der Waals surface area (Å²) < 4.78 is 7.03. The molecule has 2 rings (SSSR count). The predicted molar refractivity (Wildman–Crippen MR) is 85.2 cm³/mol. The highest BCUT2D eigenvalue weighted by molar-refractivity contribution is 5.76. The smallest absolute Gasteiger partial charge is 0.326 e. The molecule has 116 valence electrons. The summed E-state index contributed by atoms with van der Waals surface area (Å²) in [6.45, 7) is 3.21. The largest absolute Gasteiger partial charge is 0.497 e. The van der Waals surface area contributed by atoms with Crippen LogP contribution in [0.2, 0.25) is 0 Å². The van der Waals surface area contributed by atoms with Crippen LogP contribution in [0.3, 0.4) is 0 Å². The first kappa shape index (κ1) is 15.8. The minimum absolute atomic E-state index is 0.168. The molecule has 1 heterocycles. The fraction of sp³-hybridized carbons (Fsp3) is 0.294. The van der Waals surface area contributed by atoms with E-state index in [1.165, 1.54) is 16.5 Å². The molecule has 1 amide bonds. The first-order valence-electron chi connectivity index (χ1n) is 7.39. The molecule has 0 radical (unpaired) electrons. The normalized spacial score (nSPS) is 11.2. The van der Waals surface area contributed by atoms with Gasteiger partial charge in [-0.05, 0) is 24.0 Å². The van der Waals surface area contributed by atoms with Crippen LogP contribution in [0.5, 0.6) is 0 Å². The van der Waals surface area contributed by atoms with Crippen molar-refractivity contribution in [3.05, 3.63) is 66.5 Å². The molecule has 0 spiro atoms. The van der Waals surface area contributed by atoms with Crippen molar-refractivity contribution in [2.75, 3.05) is 6.54 Å². The summed E-state index contributed by atoms with van der Waals surface area (Å²) in [5, 5.41) is 2.85. The van der Waals surface area contributed by atoms with Crippen molar-refractivity contribution in [3.63, 3.8) is 0 Å². The lowest BCUT2D eigenvalue weighted by atomic mass is 10.1. The molecule has 2 aromatic rings. The van der Waals surface area contributed by atoms with Crippen LogP contribution in [-0.2, 0) is 11.3 Å². The number of benzene rings is 1. The molecule has 0 aliphatic carbocycles. The summed E-state index contributed by atoms with van der Waals surface area (Å²) in [6.07, 6.45) is 8.15. The van der Waals surface area contributed by atoms with E-state index in [0.717, 1.165) is 18.4 Å². The zero-order valence-electron chi connectivity index (χ0n) is 12.7. The quantitative estimate of drug-likeness (QED) is 0.798. The molecule has 5 heteroatoms. The highest BCUT2D eigenvalue weighted by atomic mass is 16.5. The predicted octanol–water partition coefficient (Wildman–Crippen LogP) is 3.34. The molecule has 0 saturated heterocycles. The third-order valence-corrected chi connectivity index (χ3v) is 3.26. The molecule has 1 N–H and O–H groups in total. The van der Waals surface area contributed by atoms with E-state index in [1.807, 2.05) is 30.3 Å². The topological polar surface area (TPSA) is 56.1 Å². The SMILES string of the molecule is CC/C(=C\OCc1ccccc1)CCNC(=O)n1ccnc1. The van der Waals surface area contributed by atoms with Gasteiger partial charge in [0.05, 0.1) is 6.26 Å². The summed E-state index contributed by atoms with van der Waals surface area (Å²) in [4.78, 5) is 15.6. The highest BCUT2D eigenvalue weighted by Crippen LogP contribution is 2.08. The maximum absolute atomic E-state index is 11.7. The van der Waals surface area contributed by atoms with Crippen molar-refractivity contribution >= 4 is 6.03 Å². The van der Waals surface area contributed by atoms with Gasteiger partial charge in [-0.2, -0.15) is 0 Å². The van der Waals surface area contributed by atoms with Crippen LogP contribution in [0.4, 0.5) is 4.79 Å². The van der Waals surface area contributed by atoms with Gasteiger partial charge in [0, 0.05) is 18.9 Å². The van der Waals surface area contributed by atoms with Crippen LogP contribution >= 0.6 is 0 Å². The second kappa shape index (κ2) is 8.67. The number of ether oxygens (including phenoxy) is 1. The molecule has 5 nitrogen and oxygen atoms in total. The number of amides is 1. The van der Waals surface area contributed by atoms with E-state index in [2.05, 4.69) is 17.2 Å². The lowest BCUT2D eigenvalue weighted by Crippen LogP contribution is -2.28. The van der Waals surface area contributed by atoms with E-state index in [9.17, 15) is 4.79 Å². The minimum atomic E-state index is -0.168. The van der Waals surface area contributed by atoms with Crippen LogP contribution < -0.4 is 5.32 Å². The number of rotatable bonds is 7. The summed E-state index contributed by atoms with van der Waals surface area (Å²) >= 11 is 0. The molecule has 1 aromatic carbocycles. The number of carbonyl (C=O) groups is 1. The Morgan fingerprint density at radius 3 is 2.86 bits per heavy atom. The standard InChI is InChI=1S/C17H21N3O2/c1-2-15(12-22-13-16-6-4-3-5-7-16)8-9-19-17(21)20-11-10-18-14-20/h3-7,10-12,14H,2,8-9,13H2,1H3,(H,19,21)/b15-12+. The van der Waals surface area contributed by atoms with Gasteiger partial charge in [-0.25, -0.2) is 9.78 Å². The molecule has 1 aromatic heterocycles. The second-order valence-electron chi connectivity index (χ2n) is 4.88. The summed E-state index contributed by atoms with van der Waals surface area (Å²) in [5.41, 5.74) is 2.31. The Balaban J connectivity index is 1.72.